The number of amides is 1. The Morgan fingerprint density at radius 3 is 2.84 bits per heavy atom. The third-order valence-corrected chi connectivity index (χ3v) is 4.13. The van der Waals surface area contributed by atoms with Crippen molar-refractivity contribution in [3.8, 4) is 11.8 Å². The van der Waals surface area contributed by atoms with Crippen LogP contribution in [0.5, 0.6) is 0 Å². The molecule has 2 N–H and O–H groups in total. The number of aliphatic hydroxyl groups is 1. The number of hydrogen-bond acceptors (Lipinski definition) is 3. The lowest BCUT2D eigenvalue weighted by molar-refractivity contribution is 0.0932. The number of hydrogen-bond donors (Lipinski definition) is 2. The van der Waals surface area contributed by atoms with Gasteiger partial charge in [0.25, 0.3) is 5.91 Å². The molecule has 4 heteroatoms. The van der Waals surface area contributed by atoms with Crippen LogP contribution in [0.25, 0.3) is 0 Å². The van der Waals surface area contributed by atoms with Crippen LogP contribution in [0, 0.1) is 17.8 Å². The molecule has 1 aromatic rings. The smallest absolute Gasteiger partial charge is 0.261 e. The molecule has 1 amide bonds. The van der Waals surface area contributed by atoms with Crippen molar-refractivity contribution >= 4 is 17.2 Å². The second-order valence-corrected chi connectivity index (χ2v) is 5.67. The van der Waals surface area contributed by atoms with Crippen LogP contribution in [0.3, 0.4) is 0 Å². The van der Waals surface area contributed by atoms with Gasteiger partial charge in [-0.3, -0.25) is 4.79 Å². The fraction of sp³-hybridized carbons (Fsp3) is 0.533. The number of carbonyl (C=O) groups excluding carboxylic acids is 1. The zero-order valence-corrected chi connectivity index (χ0v) is 12.5. The van der Waals surface area contributed by atoms with Crippen molar-refractivity contribution in [2.24, 2.45) is 5.92 Å². The van der Waals surface area contributed by atoms with Crippen molar-refractivity contribution in [3.05, 3.63) is 21.9 Å². The molecule has 0 saturated carbocycles. The van der Waals surface area contributed by atoms with Crippen molar-refractivity contribution in [2.45, 2.75) is 39.7 Å². The van der Waals surface area contributed by atoms with Gasteiger partial charge in [-0.1, -0.05) is 32.1 Å². The summed E-state index contributed by atoms with van der Waals surface area (Å²) in [6.45, 7) is 6.35. The van der Waals surface area contributed by atoms with Crippen LogP contribution < -0.4 is 5.32 Å². The van der Waals surface area contributed by atoms with E-state index in [9.17, 15) is 4.79 Å². The Morgan fingerprint density at radius 2 is 2.21 bits per heavy atom. The van der Waals surface area contributed by atoms with Crippen molar-refractivity contribution in [1.29, 1.82) is 0 Å². The summed E-state index contributed by atoms with van der Waals surface area (Å²) in [5.74, 6) is 6.22. The highest BCUT2D eigenvalue weighted by molar-refractivity contribution is 7.14. The van der Waals surface area contributed by atoms with E-state index in [2.05, 4.69) is 31.0 Å². The highest BCUT2D eigenvalue weighted by Crippen LogP contribution is 2.16. The zero-order valence-electron chi connectivity index (χ0n) is 11.7. The van der Waals surface area contributed by atoms with Crippen LogP contribution in [0.1, 0.15) is 48.2 Å². The Labute approximate surface area is 119 Å². The summed E-state index contributed by atoms with van der Waals surface area (Å²) in [6.07, 6.45) is 1.51. The topological polar surface area (TPSA) is 49.3 Å². The Hall–Kier alpha value is -1.31. The predicted octanol–water partition coefficient (Wildman–Crippen LogP) is 2.65. The van der Waals surface area contributed by atoms with Crippen LogP contribution in [0.4, 0.5) is 0 Å². The number of rotatable bonds is 5. The maximum Gasteiger partial charge on any atom is 0.261 e. The summed E-state index contributed by atoms with van der Waals surface area (Å²) < 4.78 is 0. The fourth-order valence-corrected chi connectivity index (χ4v) is 2.29. The Bertz CT molecular complexity index is 470. The van der Waals surface area contributed by atoms with Gasteiger partial charge < -0.3 is 10.4 Å². The molecule has 3 nitrogen and oxygen atoms in total. The monoisotopic (exact) mass is 279 g/mol. The first-order chi connectivity index (χ1) is 9.08. The third kappa shape index (κ3) is 5.06. The molecule has 0 aliphatic rings. The normalized spacial score (nSPS) is 13.3. The van der Waals surface area contributed by atoms with Crippen LogP contribution in [0.15, 0.2) is 12.1 Å². The first-order valence-electron chi connectivity index (χ1n) is 6.58. The average molecular weight is 279 g/mol. The molecule has 104 valence electrons. The fourth-order valence-electron chi connectivity index (χ4n) is 1.51. The summed E-state index contributed by atoms with van der Waals surface area (Å²) in [5.41, 5.74) is 0. The quantitative estimate of drug-likeness (QED) is 0.814. The van der Waals surface area contributed by atoms with Crippen molar-refractivity contribution in [2.75, 3.05) is 6.61 Å². The van der Waals surface area contributed by atoms with E-state index in [1.807, 2.05) is 13.0 Å². The van der Waals surface area contributed by atoms with Gasteiger partial charge in [-0.25, -0.2) is 0 Å². The molecule has 0 aromatic carbocycles. The van der Waals surface area contributed by atoms with Gasteiger partial charge in [-0.05, 0) is 25.0 Å². The highest BCUT2D eigenvalue weighted by Gasteiger charge is 2.15. The molecule has 0 bridgehead atoms. The van der Waals surface area contributed by atoms with Gasteiger partial charge in [-0.2, -0.15) is 0 Å². The Balaban J connectivity index is 2.61. The van der Waals surface area contributed by atoms with Gasteiger partial charge in [0.05, 0.1) is 16.4 Å². The van der Waals surface area contributed by atoms with Gasteiger partial charge in [-0.15, -0.1) is 11.3 Å². The Kier molecular flexibility index (Phi) is 6.61. The van der Waals surface area contributed by atoms with E-state index in [4.69, 9.17) is 5.11 Å². The predicted molar refractivity (Wildman–Crippen MR) is 79.3 cm³/mol. The van der Waals surface area contributed by atoms with Crippen LogP contribution in [0.2, 0.25) is 0 Å². The highest BCUT2D eigenvalue weighted by atomic mass is 32.1. The van der Waals surface area contributed by atoms with Gasteiger partial charge in [0.2, 0.25) is 0 Å². The summed E-state index contributed by atoms with van der Waals surface area (Å²) in [5, 5.41) is 11.7. The molecule has 1 rings (SSSR count). The zero-order chi connectivity index (χ0) is 14.3. The van der Waals surface area contributed by atoms with Crippen LogP contribution in [-0.2, 0) is 0 Å². The first kappa shape index (κ1) is 15.7. The number of thiophene rings is 1. The molecule has 0 aliphatic heterocycles. The standard InChI is InChI=1S/C15H21NO2S/c1-4-11(2)12(3)16-15(18)14-9-8-13(19-14)7-5-6-10-17/h8-9,11-12,17H,4,6,10H2,1-3H3,(H,16,18). The van der Waals surface area contributed by atoms with E-state index in [1.54, 1.807) is 6.07 Å². The van der Waals surface area contributed by atoms with Gasteiger partial charge >= 0.3 is 0 Å². The molecular weight excluding hydrogens is 258 g/mol. The summed E-state index contributed by atoms with van der Waals surface area (Å²) in [7, 11) is 0. The van der Waals surface area contributed by atoms with E-state index in [0.29, 0.717) is 17.2 Å². The van der Waals surface area contributed by atoms with E-state index in [1.165, 1.54) is 11.3 Å². The molecule has 0 spiro atoms. The maximum atomic E-state index is 12.0. The minimum atomic E-state index is -0.0343. The summed E-state index contributed by atoms with van der Waals surface area (Å²) in [6, 6.07) is 3.81. The second kappa shape index (κ2) is 7.98. The lowest BCUT2D eigenvalue weighted by Gasteiger charge is -2.19. The third-order valence-electron chi connectivity index (χ3n) is 3.13. The molecule has 1 heterocycles. The van der Waals surface area contributed by atoms with Gasteiger partial charge in [0, 0.05) is 12.5 Å². The SMILES string of the molecule is CCC(C)C(C)NC(=O)c1ccc(C#CCCO)s1. The molecule has 0 saturated heterocycles. The second-order valence-electron chi connectivity index (χ2n) is 4.59. The van der Waals surface area contributed by atoms with Gasteiger partial charge in [0.1, 0.15) is 0 Å². The molecular formula is C15H21NO2S. The molecule has 1 aromatic heterocycles. The number of nitrogens with one attached hydrogen (secondary N) is 1. The summed E-state index contributed by atoms with van der Waals surface area (Å²) >= 11 is 1.39. The minimum Gasteiger partial charge on any atom is -0.395 e. The number of aliphatic hydroxyl groups excluding tert-OH is 1. The molecule has 19 heavy (non-hydrogen) atoms. The minimum absolute atomic E-state index is 0.0343. The molecule has 2 unspecified atom stereocenters. The lowest BCUT2D eigenvalue weighted by atomic mass is 10.0. The largest absolute Gasteiger partial charge is 0.395 e. The summed E-state index contributed by atoms with van der Waals surface area (Å²) in [4.78, 5) is 13.6. The average Bonchev–Trinajstić information content (AvgIpc) is 2.87. The lowest BCUT2D eigenvalue weighted by Crippen LogP contribution is -2.36. The molecule has 2 atom stereocenters. The molecule has 0 fully saturated rings. The van der Waals surface area contributed by atoms with E-state index in [-0.39, 0.29) is 18.6 Å². The number of carbonyl (C=O) groups is 1. The Morgan fingerprint density at radius 1 is 1.47 bits per heavy atom. The van der Waals surface area contributed by atoms with Gasteiger partial charge in [0.15, 0.2) is 0 Å². The van der Waals surface area contributed by atoms with Crippen molar-refractivity contribution < 1.29 is 9.90 Å². The molecule has 0 aliphatic carbocycles. The molecule has 0 radical (unpaired) electrons. The maximum absolute atomic E-state index is 12.0. The van der Waals surface area contributed by atoms with Crippen molar-refractivity contribution in [3.63, 3.8) is 0 Å². The van der Waals surface area contributed by atoms with Crippen molar-refractivity contribution in [1.82, 2.24) is 5.32 Å². The first-order valence-corrected chi connectivity index (χ1v) is 7.40. The van der Waals surface area contributed by atoms with E-state index in [0.717, 1.165) is 11.3 Å². The van der Waals surface area contributed by atoms with Crippen LogP contribution >= 0.6 is 11.3 Å². The van der Waals surface area contributed by atoms with Crippen LogP contribution in [-0.4, -0.2) is 23.7 Å². The van der Waals surface area contributed by atoms with E-state index >= 15 is 0 Å². The van der Waals surface area contributed by atoms with E-state index < -0.39 is 0 Å².